The minimum Gasteiger partial charge on any atom is -0.496 e. The standard InChI is InChI=1S/C27H27ClF2N2O3/c1-34-25-8-3-2-5-21(25)27(33)32-15-13-31(14-16-32)17-26(19-9-11-20(28)12-10-19)35-18-22-23(29)6-4-7-24(22)30/h2-12,26H,13-18H2,1H3/t26-/m1/s1. The quantitative estimate of drug-likeness (QED) is 0.418. The second kappa shape index (κ2) is 11.6. The summed E-state index contributed by atoms with van der Waals surface area (Å²) in [6, 6.07) is 18.2. The zero-order chi connectivity index (χ0) is 24.8. The van der Waals surface area contributed by atoms with E-state index in [4.69, 9.17) is 21.1 Å². The Morgan fingerprint density at radius 3 is 2.26 bits per heavy atom. The molecule has 4 rings (SSSR count). The van der Waals surface area contributed by atoms with E-state index in [1.807, 2.05) is 24.3 Å². The van der Waals surface area contributed by atoms with Crippen molar-refractivity contribution in [2.45, 2.75) is 12.7 Å². The number of piperazine rings is 1. The molecule has 1 heterocycles. The fourth-order valence-electron chi connectivity index (χ4n) is 4.15. The van der Waals surface area contributed by atoms with Crippen molar-refractivity contribution in [3.8, 4) is 5.75 Å². The van der Waals surface area contributed by atoms with Crippen LogP contribution < -0.4 is 4.74 Å². The number of nitrogens with zero attached hydrogens (tertiary/aromatic N) is 2. The minimum absolute atomic E-state index is 0.0670. The van der Waals surface area contributed by atoms with Gasteiger partial charge >= 0.3 is 0 Å². The normalized spacial score (nSPS) is 15.1. The lowest BCUT2D eigenvalue weighted by molar-refractivity contribution is 0.00142. The molecule has 1 saturated heterocycles. The second-order valence-corrected chi connectivity index (χ2v) is 8.78. The maximum absolute atomic E-state index is 14.1. The number of hydrogen-bond donors (Lipinski definition) is 0. The highest BCUT2D eigenvalue weighted by atomic mass is 35.5. The van der Waals surface area contributed by atoms with E-state index in [2.05, 4.69) is 4.90 Å². The Bertz CT molecular complexity index is 1130. The van der Waals surface area contributed by atoms with Crippen molar-refractivity contribution >= 4 is 17.5 Å². The third kappa shape index (κ3) is 6.17. The third-order valence-corrected chi connectivity index (χ3v) is 6.41. The number of rotatable bonds is 8. The van der Waals surface area contributed by atoms with Gasteiger partial charge in [-0.15, -0.1) is 0 Å². The van der Waals surface area contributed by atoms with Crippen LogP contribution in [0.1, 0.15) is 27.6 Å². The Balaban J connectivity index is 1.42. The largest absolute Gasteiger partial charge is 0.496 e. The molecule has 3 aromatic rings. The summed E-state index contributed by atoms with van der Waals surface area (Å²) in [5, 5.41) is 0.594. The fraction of sp³-hybridized carbons (Fsp3) is 0.296. The van der Waals surface area contributed by atoms with E-state index in [9.17, 15) is 13.6 Å². The van der Waals surface area contributed by atoms with Gasteiger partial charge in [-0.25, -0.2) is 8.78 Å². The highest BCUT2D eigenvalue weighted by Crippen LogP contribution is 2.25. The molecule has 1 atom stereocenters. The highest BCUT2D eigenvalue weighted by molar-refractivity contribution is 6.30. The first-order valence-corrected chi connectivity index (χ1v) is 11.8. The van der Waals surface area contributed by atoms with Crippen molar-refractivity contribution < 1.29 is 23.0 Å². The summed E-state index contributed by atoms with van der Waals surface area (Å²) >= 11 is 6.04. The summed E-state index contributed by atoms with van der Waals surface area (Å²) in [5.74, 6) is -0.786. The molecule has 0 N–H and O–H groups in total. The van der Waals surface area contributed by atoms with Crippen LogP contribution >= 0.6 is 11.6 Å². The highest BCUT2D eigenvalue weighted by Gasteiger charge is 2.26. The van der Waals surface area contributed by atoms with Gasteiger partial charge in [-0.3, -0.25) is 9.69 Å². The molecule has 0 spiro atoms. The van der Waals surface area contributed by atoms with Crippen LogP contribution in [0.2, 0.25) is 5.02 Å². The fourth-order valence-corrected chi connectivity index (χ4v) is 4.27. The third-order valence-electron chi connectivity index (χ3n) is 6.15. The Morgan fingerprint density at radius 1 is 0.943 bits per heavy atom. The van der Waals surface area contributed by atoms with Gasteiger partial charge in [0.15, 0.2) is 0 Å². The molecule has 0 saturated carbocycles. The predicted octanol–water partition coefficient (Wildman–Crippen LogP) is 5.34. The zero-order valence-corrected chi connectivity index (χ0v) is 20.2. The van der Waals surface area contributed by atoms with Crippen LogP contribution in [0.3, 0.4) is 0 Å². The molecule has 1 fully saturated rings. The molecule has 0 aromatic heterocycles. The van der Waals surface area contributed by atoms with Gasteiger partial charge in [-0.1, -0.05) is 41.9 Å². The van der Waals surface area contributed by atoms with E-state index in [-0.39, 0.29) is 18.1 Å². The predicted molar refractivity (Wildman–Crippen MR) is 131 cm³/mol. The number of ether oxygens (including phenoxy) is 2. The van der Waals surface area contributed by atoms with Crippen molar-refractivity contribution in [2.75, 3.05) is 39.8 Å². The Labute approximate surface area is 208 Å². The molecule has 1 aliphatic heterocycles. The molecule has 0 unspecified atom stereocenters. The molecule has 1 amide bonds. The average molecular weight is 501 g/mol. The lowest BCUT2D eigenvalue weighted by atomic mass is 10.1. The van der Waals surface area contributed by atoms with E-state index in [1.54, 1.807) is 36.3 Å². The monoisotopic (exact) mass is 500 g/mol. The van der Waals surface area contributed by atoms with Gasteiger partial charge in [-0.05, 0) is 42.0 Å². The van der Waals surface area contributed by atoms with Crippen LogP contribution in [0.5, 0.6) is 5.75 Å². The van der Waals surface area contributed by atoms with Gasteiger partial charge in [0.25, 0.3) is 5.91 Å². The van der Waals surface area contributed by atoms with Crippen LogP contribution in [0.15, 0.2) is 66.7 Å². The molecule has 3 aromatic carbocycles. The lowest BCUT2D eigenvalue weighted by Crippen LogP contribution is -2.49. The van der Waals surface area contributed by atoms with Crippen molar-refractivity contribution in [1.29, 1.82) is 0 Å². The number of para-hydroxylation sites is 1. The van der Waals surface area contributed by atoms with Gasteiger partial charge < -0.3 is 14.4 Å². The molecule has 8 heteroatoms. The van der Waals surface area contributed by atoms with Gasteiger partial charge in [0.2, 0.25) is 0 Å². The summed E-state index contributed by atoms with van der Waals surface area (Å²) in [5.41, 5.74) is 1.30. The molecule has 0 radical (unpaired) electrons. The summed E-state index contributed by atoms with van der Waals surface area (Å²) in [6.07, 6.45) is -0.428. The minimum atomic E-state index is -0.636. The maximum Gasteiger partial charge on any atom is 0.257 e. The van der Waals surface area contributed by atoms with E-state index < -0.39 is 17.7 Å². The van der Waals surface area contributed by atoms with Gasteiger partial charge in [0.1, 0.15) is 17.4 Å². The summed E-state index contributed by atoms with van der Waals surface area (Å²) in [7, 11) is 1.55. The first-order chi connectivity index (χ1) is 17.0. The van der Waals surface area contributed by atoms with Crippen LogP contribution in [0, 0.1) is 11.6 Å². The van der Waals surface area contributed by atoms with Crippen LogP contribution in [-0.2, 0) is 11.3 Å². The zero-order valence-electron chi connectivity index (χ0n) is 19.4. The first kappa shape index (κ1) is 25.1. The number of methoxy groups -OCH3 is 1. The molecular weight excluding hydrogens is 474 g/mol. The van der Waals surface area contributed by atoms with Crippen LogP contribution in [0.4, 0.5) is 8.78 Å². The molecule has 1 aliphatic rings. The Morgan fingerprint density at radius 2 is 1.60 bits per heavy atom. The van der Waals surface area contributed by atoms with E-state index in [0.717, 1.165) is 5.56 Å². The SMILES string of the molecule is COc1ccccc1C(=O)N1CCN(C[C@@H](OCc2c(F)cccc2F)c2ccc(Cl)cc2)CC1. The van der Waals surface area contributed by atoms with Gasteiger partial charge in [-0.2, -0.15) is 0 Å². The smallest absolute Gasteiger partial charge is 0.257 e. The van der Waals surface area contributed by atoms with Crippen LogP contribution in [0.25, 0.3) is 0 Å². The molecule has 0 bridgehead atoms. The average Bonchev–Trinajstić information content (AvgIpc) is 2.88. The van der Waals surface area contributed by atoms with Crippen molar-refractivity contribution in [2.24, 2.45) is 0 Å². The Hall–Kier alpha value is -3.00. The molecule has 35 heavy (non-hydrogen) atoms. The maximum atomic E-state index is 14.1. The topological polar surface area (TPSA) is 42.0 Å². The van der Waals surface area contributed by atoms with Gasteiger partial charge in [0, 0.05) is 43.3 Å². The second-order valence-electron chi connectivity index (χ2n) is 8.34. The van der Waals surface area contributed by atoms with E-state index in [0.29, 0.717) is 49.1 Å². The molecular formula is C27H27ClF2N2O3. The lowest BCUT2D eigenvalue weighted by Gasteiger charge is -2.36. The number of hydrogen-bond acceptors (Lipinski definition) is 4. The van der Waals surface area contributed by atoms with Crippen molar-refractivity contribution in [3.05, 3.63) is 100 Å². The summed E-state index contributed by atoms with van der Waals surface area (Å²) < 4.78 is 39.6. The summed E-state index contributed by atoms with van der Waals surface area (Å²) in [4.78, 5) is 17.0. The van der Waals surface area contributed by atoms with E-state index >= 15 is 0 Å². The first-order valence-electron chi connectivity index (χ1n) is 11.4. The number of carbonyl (C=O) groups excluding carboxylic acids is 1. The van der Waals surface area contributed by atoms with E-state index in [1.165, 1.54) is 18.2 Å². The molecule has 184 valence electrons. The van der Waals surface area contributed by atoms with Crippen molar-refractivity contribution in [1.82, 2.24) is 9.80 Å². The number of amides is 1. The summed E-state index contributed by atoms with van der Waals surface area (Å²) in [6.45, 7) is 2.69. The van der Waals surface area contributed by atoms with Gasteiger partial charge in [0.05, 0.1) is 25.4 Å². The number of benzene rings is 3. The molecule has 0 aliphatic carbocycles. The van der Waals surface area contributed by atoms with Crippen LogP contribution in [-0.4, -0.2) is 55.5 Å². The number of carbonyl (C=O) groups is 1. The van der Waals surface area contributed by atoms with Crippen molar-refractivity contribution in [3.63, 3.8) is 0 Å². The Kier molecular flexibility index (Phi) is 8.33. The number of halogens is 3. The molecule has 5 nitrogen and oxygen atoms in total.